The third-order valence-corrected chi connectivity index (χ3v) is 6.19. The highest BCUT2D eigenvalue weighted by atomic mass is 32.1. The maximum absolute atomic E-state index is 12.0. The summed E-state index contributed by atoms with van der Waals surface area (Å²) in [6.07, 6.45) is 1.98. The molecule has 1 saturated carbocycles. The van der Waals surface area contributed by atoms with E-state index in [1.165, 1.54) is 0 Å². The lowest BCUT2D eigenvalue weighted by Crippen LogP contribution is -2.13. The van der Waals surface area contributed by atoms with Gasteiger partial charge in [-0.2, -0.15) is 0 Å². The van der Waals surface area contributed by atoms with E-state index in [0.29, 0.717) is 0 Å². The topological polar surface area (TPSA) is 71.1 Å². The van der Waals surface area contributed by atoms with Crippen molar-refractivity contribution in [3.63, 3.8) is 0 Å². The van der Waals surface area contributed by atoms with Crippen LogP contribution in [0.1, 0.15) is 31.2 Å². The third kappa shape index (κ3) is 3.10. The minimum atomic E-state index is -0.139. The zero-order chi connectivity index (χ0) is 19.3. The summed E-state index contributed by atoms with van der Waals surface area (Å²) in [6, 6.07) is 13.8. The second-order valence-corrected chi connectivity index (χ2v) is 8.25. The van der Waals surface area contributed by atoms with Crippen molar-refractivity contribution in [2.24, 2.45) is 5.92 Å². The maximum Gasteiger partial charge on any atom is 0.231 e. The molecule has 5 nitrogen and oxygen atoms in total. The number of hydrogen-bond acceptors (Lipinski definition) is 4. The number of carbonyl (C=O) groups is 2. The minimum Gasteiger partial charge on any atom is -0.326 e. The highest BCUT2D eigenvalue weighted by Crippen LogP contribution is 2.37. The van der Waals surface area contributed by atoms with Gasteiger partial charge in [0.25, 0.3) is 0 Å². The molecule has 2 heterocycles. The smallest absolute Gasteiger partial charge is 0.231 e. The number of hydrogen-bond donors (Lipinski definition) is 2. The van der Waals surface area contributed by atoms with Gasteiger partial charge in [0.05, 0.1) is 11.6 Å². The summed E-state index contributed by atoms with van der Waals surface area (Å²) in [5, 5.41) is 8.82. The molecule has 0 bridgehead atoms. The van der Waals surface area contributed by atoms with Gasteiger partial charge < -0.3 is 10.6 Å². The van der Waals surface area contributed by atoms with Crippen molar-refractivity contribution in [1.82, 2.24) is 4.98 Å². The lowest BCUT2D eigenvalue weighted by Gasteiger charge is -2.06. The molecule has 1 aliphatic heterocycles. The van der Waals surface area contributed by atoms with Crippen LogP contribution in [0.4, 0.5) is 11.4 Å². The van der Waals surface area contributed by atoms with Crippen molar-refractivity contribution < 1.29 is 9.59 Å². The van der Waals surface area contributed by atoms with Crippen LogP contribution in [0, 0.1) is 5.92 Å². The monoisotopic (exact) mass is 389 g/mol. The molecule has 2 aromatic carbocycles. The van der Waals surface area contributed by atoms with Crippen molar-refractivity contribution in [3.8, 4) is 21.8 Å². The van der Waals surface area contributed by atoms with Crippen LogP contribution in [0.25, 0.3) is 21.8 Å². The third-order valence-electron chi connectivity index (χ3n) is 5.29. The van der Waals surface area contributed by atoms with E-state index >= 15 is 0 Å². The van der Waals surface area contributed by atoms with E-state index in [4.69, 9.17) is 4.98 Å². The minimum absolute atomic E-state index is 0.0381. The van der Waals surface area contributed by atoms with Crippen LogP contribution in [-0.4, -0.2) is 16.8 Å². The molecule has 1 atom stereocenters. The quantitative estimate of drug-likeness (QED) is 0.668. The van der Waals surface area contributed by atoms with E-state index < -0.39 is 0 Å². The fourth-order valence-electron chi connectivity index (χ4n) is 3.44. The average Bonchev–Trinajstić information content (AvgIpc) is 3.37. The Bertz CT molecular complexity index is 1100. The van der Waals surface area contributed by atoms with E-state index in [2.05, 4.69) is 10.6 Å². The Labute approximate surface area is 166 Å². The summed E-state index contributed by atoms with van der Waals surface area (Å²) < 4.78 is 0. The molecule has 0 radical (unpaired) electrons. The molecular formula is C22H19N3O2S. The molecule has 5 rings (SSSR count). The van der Waals surface area contributed by atoms with E-state index in [0.717, 1.165) is 51.6 Å². The van der Waals surface area contributed by atoms with Crippen LogP contribution >= 0.6 is 11.3 Å². The summed E-state index contributed by atoms with van der Waals surface area (Å²) >= 11 is 1.57. The van der Waals surface area contributed by atoms with Crippen molar-refractivity contribution in [3.05, 3.63) is 53.4 Å². The normalized spacial score (nSPS) is 17.9. The van der Waals surface area contributed by atoms with E-state index in [-0.39, 0.29) is 23.7 Å². The number of rotatable bonds is 4. The van der Waals surface area contributed by atoms with Gasteiger partial charge in [0.2, 0.25) is 11.8 Å². The molecule has 0 saturated heterocycles. The second-order valence-electron chi connectivity index (χ2n) is 7.40. The SMILES string of the molecule is C[C@H]1C(=O)Nc2ccc(-c3csc(-c4cccc(NC(=O)C5CC5)c4)n3)cc21. The summed E-state index contributed by atoms with van der Waals surface area (Å²) in [6.45, 7) is 1.92. The van der Waals surface area contributed by atoms with Gasteiger partial charge in [0.1, 0.15) is 5.01 Å². The lowest BCUT2D eigenvalue weighted by molar-refractivity contribution is -0.117. The zero-order valence-electron chi connectivity index (χ0n) is 15.4. The molecule has 0 spiro atoms. The number of benzene rings is 2. The maximum atomic E-state index is 12.0. The van der Waals surface area contributed by atoms with Gasteiger partial charge in [-0.1, -0.05) is 18.2 Å². The second kappa shape index (κ2) is 6.56. The average molecular weight is 389 g/mol. The highest BCUT2D eigenvalue weighted by molar-refractivity contribution is 7.13. The van der Waals surface area contributed by atoms with E-state index in [9.17, 15) is 9.59 Å². The van der Waals surface area contributed by atoms with E-state index in [1.807, 2.05) is 54.8 Å². The Morgan fingerprint density at radius 3 is 2.86 bits per heavy atom. The van der Waals surface area contributed by atoms with Crippen molar-refractivity contribution in [2.45, 2.75) is 25.7 Å². The molecule has 140 valence electrons. The molecular weight excluding hydrogens is 370 g/mol. The number of nitrogens with one attached hydrogen (secondary N) is 2. The van der Waals surface area contributed by atoms with Crippen LogP contribution in [0.2, 0.25) is 0 Å². The van der Waals surface area contributed by atoms with Gasteiger partial charge in [-0.15, -0.1) is 11.3 Å². The first-order valence-electron chi connectivity index (χ1n) is 9.40. The van der Waals surface area contributed by atoms with Crippen molar-refractivity contribution in [2.75, 3.05) is 10.6 Å². The number of thiazole rings is 1. The fraction of sp³-hybridized carbons (Fsp3) is 0.227. The van der Waals surface area contributed by atoms with E-state index in [1.54, 1.807) is 11.3 Å². The van der Waals surface area contributed by atoms with Gasteiger partial charge in [-0.3, -0.25) is 9.59 Å². The van der Waals surface area contributed by atoms with Gasteiger partial charge in [0, 0.05) is 33.8 Å². The summed E-state index contributed by atoms with van der Waals surface area (Å²) in [7, 11) is 0. The van der Waals surface area contributed by atoms with Gasteiger partial charge in [0.15, 0.2) is 0 Å². The molecule has 28 heavy (non-hydrogen) atoms. The van der Waals surface area contributed by atoms with Gasteiger partial charge >= 0.3 is 0 Å². The Balaban J connectivity index is 1.41. The number of nitrogens with zero attached hydrogens (tertiary/aromatic N) is 1. The number of carbonyl (C=O) groups excluding carboxylic acids is 2. The summed E-state index contributed by atoms with van der Waals surface area (Å²) in [5.41, 5.74) is 5.58. The first-order valence-corrected chi connectivity index (χ1v) is 10.3. The molecule has 3 aromatic rings. The molecule has 0 unspecified atom stereocenters. The van der Waals surface area contributed by atoms with Crippen LogP contribution in [0.3, 0.4) is 0 Å². The first-order chi connectivity index (χ1) is 13.6. The predicted octanol–water partition coefficient (Wildman–Crippen LogP) is 4.88. The van der Waals surface area contributed by atoms with Crippen LogP contribution in [0.5, 0.6) is 0 Å². The van der Waals surface area contributed by atoms with Gasteiger partial charge in [-0.05, 0) is 49.6 Å². The largest absolute Gasteiger partial charge is 0.326 e. The number of aromatic nitrogens is 1. The molecule has 2 aliphatic rings. The molecule has 2 amide bonds. The Hall–Kier alpha value is -2.99. The zero-order valence-corrected chi connectivity index (χ0v) is 16.2. The van der Waals surface area contributed by atoms with Crippen LogP contribution in [0.15, 0.2) is 47.8 Å². The molecule has 1 aromatic heterocycles. The number of anilines is 2. The number of fused-ring (bicyclic) bond motifs is 1. The van der Waals surface area contributed by atoms with Crippen molar-refractivity contribution in [1.29, 1.82) is 0 Å². The number of amides is 2. The molecule has 2 N–H and O–H groups in total. The Kier molecular flexibility index (Phi) is 4.02. The lowest BCUT2D eigenvalue weighted by atomic mass is 9.99. The molecule has 1 fully saturated rings. The predicted molar refractivity (Wildman–Crippen MR) is 111 cm³/mol. The summed E-state index contributed by atoms with van der Waals surface area (Å²) in [5.74, 6) is 0.182. The highest BCUT2D eigenvalue weighted by Gasteiger charge is 2.29. The fourth-order valence-corrected chi connectivity index (χ4v) is 4.26. The summed E-state index contributed by atoms with van der Waals surface area (Å²) in [4.78, 5) is 28.7. The Morgan fingerprint density at radius 2 is 2.04 bits per heavy atom. The van der Waals surface area contributed by atoms with Crippen LogP contribution < -0.4 is 10.6 Å². The molecule has 6 heteroatoms. The molecule has 1 aliphatic carbocycles. The van der Waals surface area contributed by atoms with Gasteiger partial charge in [-0.25, -0.2) is 4.98 Å². The standard InChI is InChI=1S/C22H19N3O2S/c1-12-17-10-14(7-8-18(17)24-20(12)26)19-11-28-22(25-19)15-3-2-4-16(9-15)23-21(27)13-5-6-13/h2-4,7-13H,5-6H2,1H3,(H,23,27)(H,24,26)/t12-/m1/s1. The Morgan fingerprint density at radius 1 is 1.18 bits per heavy atom. The van der Waals surface area contributed by atoms with Crippen molar-refractivity contribution >= 4 is 34.5 Å². The first kappa shape index (κ1) is 17.1. The van der Waals surface area contributed by atoms with Crippen LogP contribution in [-0.2, 0) is 9.59 Å².